The number of pyridine rings is 1. The van der Waals surface area contributed by atoms with Gasteiger partial charge in [0.1, 0.15) is 5.15 Å². The van der Waals surface area contributed by atoms with E-state index in [9.17, 15) is 0 Å². The zero-order valence-corrected chi connectivity index (χ0v) is 14.1. The number of hydrogen-bond donors (Lipinski definition) is 1. The van der Waals surface area contributed by atoms with Crippen molar-refractivity contribution in [3.8, 4) is 12.0 Å². The Kier molecular flexibility index (Phi) is 4.66. The van der Waals surface area contributed by atoms with Gasteiger partial charge in [-0.1, -0.05) is 24.6 Å². The van der Waals surface area contributed by atoms with Gasteiger partial charge in [0.25, 0.3) is 6.01 Å². The van der Waals surface area contributed by atoms with Crippen LogP contribution in [0.5, 0.6) is 12.0 Å². The predicted octanol–water partition coefficient (Wildman–Crippen LogP) is 2.30. The van der Waals surface area contributed by atoms with Gasteiger partial charge in [-0.05, 0) is 18.1 Å². The highest BCUT2D eigenvalue weighted by Crippen LogP contribution is 2.26. The molecule has 3 aromatic rings. The summed E-state index contributed by atoms with van der Waals surface area (Å²) in [6, 6.07) is 4.20. The standard InChI is InChI=1S/C15H17ClN6O2/c1-3-6-24-14-20-12(17)11-13(21-14)22(15(19-11)23-2)8-9-4-5-10(16)18-7-9/h4-5,7H,3,6,8H2,1-2H3,(H2,17,20,21). The second-order valence-electron chi connectivity index (χ2n) is 5.09. The molecule has 3 heterocycles. The minimum absolute atomic E-state index is 0.222. The summed E-state index contributed by atoms with van der Waals surface area (Å²) in [5, 5.41) is 0.433. The number of aromatic nitrogens is 5. The summed E-state index contributed by atoms with van der Waals surface area (Å²) < 4.78 is 12.6. The fourth-order valence-corrected chi connectivity index (χ4v) is 2.33. The fraction of sp³-hybridized carbons (Fsp3) is 0.333. The van der Waals surface area contributed by atoms with Gasteiger partial charge in [-0.2, -0.15) is 15.0 Å². The zero-order valence-electron chi connectivity index (χ0n) is 13.4. The van der Waals surface area contributed by atoms with E-state index < -0.39 is 0 Å². The van der Waals surface area contributed by atoms with Crippen LogP contribution in [0.4, 0.5) is 5.82 Å². The molecular formula is C15H17ClN6O2. The molecule has 0 fully saturated rings. The number of nitrogen functional groups attached to an aromatic ring is 1. The lowest BCUT2D eigenvalue weighted by Crippen LogP contribution is -2.06. The summed E-state index contributed by atoms with van der Waals surface area (Å²) in [6.45, 7) is 2.97. The summed E-state index contributed by atoms with van der Waals surface area (Å²) in [7, 11) is 1.54. The number of fused-ring (bicyclic) bond motifs is 1. The van der Waals surface area contributed by atoms with Gasteiger partial charge >= 0.3 is 6.01 Å². The van der Waals surface area contributed by atoms with E-state index in [1.54, 1.807) is 16.8 Å². The van der Waals surface area contributed by atoms with Gasteiger partial charge in [-0.15, -0.1) is 0 Å². The lowest BCUT2D eigenvalue weighted by Gasteiger charge is -2.08. The van der Waals surface area contributed by atoms with Crippen LogP contribution >= 0.6 is 11.6 Å². The summed E-state index contributed by atoms with van der Waals surface area (Å²) in [4.78, 5) is 17.0. The first-order valence-electron chi connectivity index (χ1n) is 7.43. The van der Waals surface area contributed by atoms with Crippen LogP contribution in [0.15, 0.2) is 18.3 Å². The van der Waals surface area contributed by atoms with Gasteiger partial charge in [0.15, 0.2) is 17.0 Å². The van der Waals surface area contributed by atoms with E-state index in [4.69, 9.17) is 26.8 Å². The molecule has 3 rings (SSSR count). The number of hydrogen-bond acceptors (Lipinski definition) is 7. The second kappa shape index (κ2) is 6.88. The number of halogens is 1. The van der Waals surface area contributed by atoms with Crippen LogP contribution in [0.25, 0.3) is 11.2 Å². The molecule has 0 aliphatic rings. The Morgan fingerprint density at radius 3 is 2.75 bits per heavy atom. The Bertz CT molecular complexity index is 849. The summed E-state index contributed by atoms with van der Waals surface area (Å²) in [5.74, 6) is 0.248. The van der Waals surface area contributed by atoms with E-state index >= 15 is 0 Å². The van der Waals surface area contributed by atoms with Crippen LogP contribution in [0.2, 0.25) is 5.15 Å². The first kappa shape index (κ1) is 16.3. The smallest absolute Gasteiger partial charge is 0.320 e. The highest BCUT2D eigenvalue weighted by atomic mass is 35.5. The minimum Gasteiger partial charge on any atom is -0.468 e. The molecule has 0 amide bonds. The maximum absolute atomic E-state index is 5.99. The van der Waals surface area contributed by atoms with Crippen molar-refractivity contribution in [3.63, 3.8) is 0 Å². The third-order valence-corrected chi connectivity index (χ3v) is 3.54. The Hall–Kier alpha value is -2.61. The highest BCUT2D eigenvalue weighted by Gasteiger charge is 2.18. The molecule has 0 unspecified atom stereocenters. The largest absolute Gasteiger partial charge is 0.468 e. The third-order valence-electron chi connectivity index (χ3n) is 3.31. The number of rotatable bonds is 6. The van der Waals surface area contributed by atoms with Crippen molar-refractivity contribution in [2.24, 2.45) is 0 Å². The molecule has 0 spiro atoms. The Labute approximate surface area is 143 Å². The minimum atomic E-state index is 0.222. The van der Waals surface area contributed by atoms with Gasteiger partial charge in [0, 0.05) is 6.20 Å². The van der Waals surface area contributed by atoms with Gasteiger partial charge in [-0.25, -0.2) is 4.98 Å². The van der Waals surface area contributed by atoms with Crippen molar-refractivity contribution in [1.82, 2.24) is 24.5 Å². The molecule has 0 atom stereocenters. The maximum Gasteiger partial charge on any atom is 0.320 e. The van der Waals surface area contributed by atoms with Gasteiger partial charge in [0.05, 0.1) is 20.3 Å². The summed E-state index contributed by atoms with van der Waals surface area (Å²) >= 11 is 5.83. The van der Waals surface area contributed by atoms with Crippen LogP contribution in [-0.4, -0.2) is 38.2 Å². The number of imidazole rings is 1. The summed E-state index contributed by atoms with van der Waals surface area (Å²) in [5.41, 5.74) is 7.92. The Morgan fingerprint density at radius 2 is 2.08 bits per heavy atom. The van der Waals surface area contributed by atoms with E-state index in [0.717, 1.165) is 12.0 Å². The van der Waals surface area contributed by atoms with Gasteiger partial charge in [-0.3, -0.25) is 4.57 Å². The van der Waals surface area contributed by atoms with E-state index in [2.05, 4.69) is 19.9 Å². The topological polar surface area (TPSA) is 101 Å². The summed E-state index contributed by atoms with van der Waals surface area (Å²) in [6.07, 6.45) is 2.53. The van der Waals surface area contributed by atoms with E-state index in [-0.39, 0.29) is 11.8 Å². The molecule has 0 aliphatic heterocycles. The van der Waals surface area contributed by atoms with Crippen LogP contribution in [-0.2, 0) is 6.54 Å². The average Bonchev–Trinajstić information content (AvgIpc) is 2.93. The van der Waals surface area contributed by atoms with E-state index in [1.165, 1.54) is 7.11 Å². The van der Waals surface area contributed by atoms with E-state index in [1.807, 2.05) is 13.0 Å². The van der Waals surface area contributed by atoms with E-state index in [0.29, 0.717) is 35.5 Å². The molecule has 0 bridgehead atoms. The van der Waals surface area contributed by atoms with Crippen molar-refractivity contribution in [3.05, 3.63) is 29.0 Å². The normalized spacial score (nSPS) is 11.0. The van der Waals surface area contributed by atoms with Crippen molar-refractivity contribution < 1.29 is 9.47 Å². The van der Waals surface area contributed by atoms with Crippen LogP contribution < -0.4 is 15.2 Å². The van der Waals surface area contributed by atoms with Gasteiger partial charge < -0.3 is 15.2 Å². The monoisotopic (exact) mass is 348 g/mol. The molecule has 126 valence electrons. The molecule has 0 aromatic carbocycles. The fourth-order valence-electron chi connectivity index (χ4n) is 2.22. The number of anilines is 1. The van der Waals surface area contributed by atoms with Gasteiger partial charge in [0.2, 0.25) is 0 Å². The van der Waals surface area contributed by atoms with Crippen molar-refractivity contribution >= 4 is 28.6 Å². The van der Waals surface area contributed by atoms with Crippen molar-refractivity contribution in [1.29, 1.82) is 0 Å². The number of nitrogens with two attached hydrogens (primary N) is 1. The first-order valence-corrected chi connectivity index (χ1v) is 7.81. The molecule has 9 heteroatoms. The highest BCUT2D eigenvalue weighted by molar-refractivity contribution is 6.29. The van der Waals surface area contributed by atoms with Crippen LogP contribution in [0, 0.1) is 0 Å². The molecular weight excluding hydrogens is 332 g/mol. The molecule has 2 N–H and O–H groups in total. The van der Waals surface area contributed by atoms with Crippen molar-refractivity contribution in [2.45, 2.75) is 19.9 Å². The lowest BCUT2D eigenvalue weighted by molar-refractivity contribution is 0.293. The molecule has 0 aliphatic carbocycles. The Balaban J connectivity index is 2.06. The number of ether oxygens (including phenoxy) is 2. The number of methoxy groups -OCH3 is 1. The lowest BCUT2D eigenvalue weighted by atomic mass is 10.3. The molecule has 0 saturated heterocycles. The Morgan fingerprint density at radius 1 is 1.25 bits per heavy atom. The average molecular weight is 349 g/mol. The number of nitrogens with zero attached hydrogens (tertiary/aromatic N) is 5. The predicted molar refractivity (Wildman–Crippen MR) is 90.4 cm³/mol. The van der Waals surface area contributed by atoms with Crippen LogP contribution in [0.1, 0.15) is 18.9 Å². The quantitative estimate of drug-likeness (QED) is 0.682. The molecule has 0 saturated carbocycles. The van der Waals surface area contributed by atoms with Crippen molar-refractivity contribution in [2.75, 3.05) is 19.5 Å². The first-order chi connectivity index (χ1) is 11.6. The van der Waals surface area contributed by atoms with Crippen LogP contribution in [0.3, 0.4) is 0 Å². The molecule has 0 radical (unpaired) electrons. The molecule has 8 nitrogen and oxygen atoms in total. The SMILES string of the molecule is CCCOc1nc(N)c2nc(OC)n(Cc3ccc(Cl)nc3)c2n1. The molecule has 3 aromatic heterocycles. The zero-order chi connectivity index (χ0) is 17.1. The second-order valence-corrected chi connectivity index (χ2v) is 5.47. The molecule has 24 heavy (non-hydrogen) atoms. The third kappa shape index (κ3) is 3.18. The maximum atomic E-state index is 5.99.